The average molecular weight is 461 g/mol. The molecule has 7 heteroatoms. The maximum absolute atomic E-state index is 12.9. The van der Waals surface area contributed by atoms with E-state index >= 15 is 0 Å². The van der Waals surface area contributed by atoms with Crippen LogP contribution in [0.15, 0.2) is 60.7 Å². The van der Waals surface area contributed by atoms with Crippen molar-refractivity contribution in [3.8, 4) is 11.1 Å². The van der Waals surface area contributed by atoms with Crippen molar-refractivity contribution in [3.63, 3.8) is 0 Å². The Bertz CT molecular complexity index is 1100. The van der Waals surface area contributed by atoms with E-state index in [0.717, 1.165) is 41.5 Å². The molecule has 0 aromatic heterocycles. The van der Waals surface area contributed by atoms with E-state index in [1.165, 1.54) is 0 Å². The van der Waals surface area contributed by atoms with Crippen LogP contribution in [-0.2, 0) is 14.3 Å². The van der Waals surface area contributed by atoms with E-state index in [4.69, 9.17) is 4.74 Å². The number of carboxylic acids is 1. The third-order valence-electron chi connectivity index (χ3n) is 7.23. The van der Waals surface area contributed by atoms with Crippen LogP contribution in [0, 0.1) is 11.8 Å². The molecule has 0 saturated heterocycles. The van der Waals surface area contributed by atoms with E-state index in [-0.39, 0.29) is 24.5 Å². The number of carbonyl (C=O) groups excluding carboxylic acids is 2. The number of carboxylic acid groups (broad SMARTS) is 1. The molecule has 3 N–H and O–H groups in total. The highest BCUT2D eigenvalue weighted by Crippen LogP contribution is 2.44. The molecule has 0 aliphatic heterocycles. The first-order valence-electron chi connectivity index (χ1n) is 11.8. The van der Waals surface area contributed by atoms with Gasteiger partial charge in [0.25, 0.3) is 0 Å². The van der Waals surface area contributed by atoms with Crippen LogP contribution in [0.25, 0.3) is 11.1 Å². The van der Waals surface area contributed by atoms with Gasteiger partial charge in [-0.3, -0.25) is 9.59 Å². The van der Waals surface area contributed by atoms with Crippen LogP contribution in [0.5, 0.6) is 0 Å². The molecule has 6 rings (SSSR count). The molecule has 1 saturated carbocycles. The SMILES string of the molecule is O=C(O)CC(NC(=O)OCC1c2ccccc2-c2ccccc21)C(=O)NC1CC2C=CC1CC2. The molecule has 34 heavy (non-hydrogen) atoms. The monoisotopic (exact) mass is 460 g/mol. The van der Waals surface area contributed by atoms with Gasteiger partial charge >= 0.3 is 12.1 Å². The van der Waals surface area contributed by atoms with Gasteiger partial charge in [0, 0.05) is 12.0 Å². The van der Waals surface area contributed by atoms with E-state index in [1.54, 1.807) is 0 Å². The normalized spacial score (nSPS) is 23.0. The smallest absolute Gasteiger partial charge is 0.407 e. The second-order valence-electron chi connectivity index (χ2n) is 9.36. The Labute approximate surface area is 198 Å². The lowest BCUT2D eigenvalue weighted by Gasteiger charge is -2.38. The second-order valence-corrected chi connectivity index (χ2v) is 9.36. The largest absolute Gasteiger partial charge is 0.481 e. The summed E-state index contributed by atoms with van der Waals surface area (Å²) < 4.78 is 5.51. The third-order valence-corrected chi connectivity index (χ3v) is 7.23. The Hall–Kier alpha value is -3.61. The van der Waals surface area contributed by atoms with Crippen molar-refractivity contribution in [1.82, 2.24) is 10.6 Å². The van der Waals surface area contributed by atoms with E-state index < -0.39 is 30.4 Å². The van der Waals surface area contributed by atoms with Crippen LogP contribution in [0.4, 0.5) is 4.79 Å². The number of rotatable bonds is 7. The molecule has 4 unspecified atom stereocenters. The Morgan fingerprint density at radius 1 is 0.971 bits per heavy atom. The van der Waals surface area contributed by atoms with Crippen LogP contribution in [-0.4, -0.2) is 41.8 Å². The van der Waals surface area contributed by atoms with Gasteiger partial charge in [0.2, 0.25) is 5.91 Å². The maximum Gasteiger partial charge on any atom is 0.407 e. The summed E-state index contributed by atoms with van der Waals surface area (Å²) >= 11 is 0. The van der Waals surface area contributed by atoms with Crippen LogP contribution >= 0.6 is 0 Å². The summed E-state index contributed by atoms with van der Waals surface area (Å²) in [7, 11) is 0. The first-order chi connectivity index (χ1) is 16.5. The summed E-state index contributed by atoms with van der Waals surface area (Å²) in [4.78, 5) is 36.9. The Morgan fingerprint density at radius 3 is 2.21 bits per heavy atom. The van der Waals surface area contributed by atoms with Crippen molar-refractivity contribution in [2.75, 3.05) is 6.61 Å². The molecule has 2 aromatic carbocycles. The third kappa shape index (κ3) is 4.42. The fourth-order valence-electron chi connectivity index (χ4n) is 5.55. The maximum atomic E-state index is 12.9. The van der Waals surface area contributed by atoms with Crippen molar-refractivity contribution in [2.45, 2.75) is 43.7 Å². The van der Waals surface area contributed by atoms with E-state index in [2.05, 4.69) is 34.9 Å². The van der Waals surface area contributed by atoms with E-state index in [1.807, 2.05) is 36.4 Å². The fraction of sp³-hybridized carbons (Fsp3) is 0.370. The van der Waals surface area contributed by atoms with Gasteiger partial charge in [0.15, 0.2) is 0 Å². The summed E-state index contributed by atoms with van der Waals surface area (Å²) in [5.41, 5.74) is 4.39. The van der Waals surface area contributed by atoms with Gasteiger partial charge < -0.3 is 20.5 Å². The molecule has 0 radical (unpaired) electrons. The Balaban J connectivity index is 1.23. The highest BCUT2D eigenvalue weighted by molar-refractivity contribution is 5.89. The van der Waals surface area contributed by atoms with Crippen LogP contribution in [0.3, 0.4) is 0 Å². The van der Waals surface area contributed by atoms with Crippen molar-refractivity contribution in [3.05, 3.63) is 71.8 Å². The van der Waals surface area contributed by atoms with E-state index in [9.17, 15) is 19.5 Å². The highest BCUT2D eigenvalue weighted by atomic mass is 16.5. The predicted molar refractivity (Wildman–Crippen MR) is 126 cm³/mol. The lowest BCUT2D eigenvalue weighted by molar-refractivity contribution is -0.140. The highest BCUT2D eigenvalue weighted by Gasteiger charge is 2.35. The van der Waals surface area contributed by atoms with Crippen molar-refractivity contribution >= 4 is 18.0 Å². The van der Waals surface area contributed by atoms with Gasteiger partial charge in [-0.25, -0.2) is 4.79 Å². The molecule has 4 atom stereocenters. The van der Waals surface area contributed by atoms with Crippen molar-refractivity contribution in [1.29, 1.82) is 0 Å². The van der Waals surface area contributed by atoms with Crippen LogP contribution in [0.2, 0.25) is 0 Å². The first-order valence-corrected chi connectivity index (χ1v) is 11.8. The van der Waals surface area contributed by atoms with Gasteiger partial charge in [-0.15, -0.1) is 0 Å². The number of carbonyl (C=O) groups is 3. The molecule has 4 aliphatic carbocycles. The molecule has 2 bridgehead atoms. The number of alkyl carbamates (subject to hydrolysis) is 1. The minimum atomic E-state index is -1.20. The number of amides is 2. The summed E-state index contributed by atoms with van der Waals surface area (Å²) in [6.07, 6.45) is 5.99. The standard InChI is InChI=1S/C27H28N2O5/c30-25(31)14-24(26(32)28-23-13-16-9-11-17(23)12-10-16)29-27(33)34-15-22-20-7-3-1-5-18(20)19-6-2-4-8-21(19)22/h1-9,11,16-17,22-24H,10,12-15H2,(H,28,32)(H,29,33)(H,30,31). The minimum Gasteiger partial charge on any atom is -0.481 e. The number of nitrogens with one attached hydrogen (secondary N) is 2. The number of hydrogen-bond acceptors (Lipinski definition) is 4. The zero-order valence-corrected chi connectivity index (χ0v) is 18.8. The quantitative estimate of drug-likeness (QED) is 0.545. The van der Waals surface area contributed by atoms with Crippen LogP contribution < -0.4 is 10.6 Å². The van der Waals surface area contributed by atoms with Crippen molar-refractivity contribution in [2.24, 2.45) is 11.8 Å². The number of aliphatic carboxylic acids is 1. The van der Waals surface area contributed by atoms with E-state index in [0.29, 0.717) is 5.92 Å². The zero-order valence-electron chi connectivity index (χ0n) is 18.8. The summed E-state index contributed by atoms with van der Waals surface area (Å²) in [6, 6.07) is 14.8. The summed E-state index contributed by atoms with van der Waals surface area (Å²) in [5.74, 6) is -1.06. The van der Waals surface area contributed by atoms with Gasteiger partial charge in [-0.05, 0) is 53.4 Å². The molecule has 7 nitrogen and oxygen atoms in total. The molecule has 1 fully saturated rings. The number of hydrogen-bond donors (Lipinski definition) is 3. The van der Waals surface area contributed by atoms with Gasteiger partial charge in [-0.1, -0.05) is 60.7 Å². The second kappa shape index (κ2) is 9.33. The van der Waals surface area contributed by atoms with Crippen molar-refractivity contribution < 1.29 is 24.2 Å². The van der Waals surface area contributed by atoms with Gasteiger partial charge in [-0.2, -0.15) is 0 Å². The number of allylic oxidation sites excluding steroid dienone is 1. The molecular formula is C27H28N2O5. The number of benzene rings is 2. The first kappa shape index (κ1) is 22.2. The molecule has 2 aromatic rings. The molecule has 4 aliphatic rings. The molecule has 0 spiro atoms. The zero-order chi connectivity index (χ0) is 23.7. The molecular weight excluding hydrogens is 432 g/mol. The van der Waals surface area contributed by atoms with Crippen LogP contribution in [0.1, 0.15) is 42.7 Å². The fourth-order valence-corrected chi connectivity index (χ4v) is 5.55. The summed E-state index contributed by atoms with van der Waals surface area (Å²) in [5, 5.41) is 14.7. The lowest BCUT2D eigenvalue weighted by Crippen LogP contribution is -2.53. The molecule has 2 amide bonds. The lowest BCUT2D eigenvalue weighted by atomic mass is 9.73. The number of ether oxygens (including phenoxy) is 1. The Kier molecular flexibility index (Phi) is 6.09. The predicted octanol–water partition coefficient (Wildman–Crippen LogP) is 3.84. The molecule has 176 valence electrons. The minimum absolute atomic E-state index is 0.0307. The average Bonchev–Trinajstić information content (AvgIpc) is 3.16. The number of fused-ring (bicyclic) bond motifs is 5. The van der Waals surface area contributed by atoms with Gasteiger partial charge in [0.1, 0.15) is 12.6 Å². The Morgan fingerprint density at radius 2 is 1.65 bits per heavy atom. The topological polar surface area (TPSA) is 105 Å². The summed E-state index contributed by atoms with van der Waals surface area (Å²) in [6.45, 7) is 0.0957. The van der Waals surface area contributed by atoms with Gasteiger partial charge in [0.05, 0.1) is 6.42 Å². The molecule has 0 heterocycles.